The van der Waals surface area contributed by atoms with Crippen molar-refractivity contribution in [2.24, 2.45) is 0 Å². The molecule has 1 aromatic rings. The van der Waals surface area contributed by atoms with Gasteiger partial charge in [0.2, 0.25) is 0 Å². The topological polar surface area (TPSA) is 62.7 Å². The number of hydrogen-bond donors (Lipinski definition) is 1. The number of ether oxygens (including phenoxy) is 1. The second-order valence-electron chi connectivity index (χ2n) is 5.48. The van der Waals surface area contributed by atoms with Gasteiger partial charge in [0, 0.05) is 18.8 Å². The summed E-state index contributed by atoms with van der Waals surface area (Å²) in [5.74, 6) is 0.425. The van der Waals surface area contributed by atoms with Gasteiger partial charge in [0.05, 0.1) is 24.0 Å². The van der Waals surface area contributed by atoms with Crippen molar-refractivity contribution < 1.29 is 14.6 Å². The van der Waals surface area contributed by atoms with Gasteiger partial charge >= 0.3 is 0 Å². The first-order valence-corrected chi connectivity index (χ1v) is 6.92. The van der Waals surface area contributed by atoms with Crippen molar-refractivity contribution in [2.75, 3.05) is 6.54 Å². The third-order valence-electron chi connectivity index (χ3n) is 2.68. The maximum absolute atomic E-state index is 12.5. The molecule has 5 heteroatoms. The van der Waals surface area contributed by atoms with Crippen LogP contribution in [0.4, 0.5) is 0 Å². The summed E-state index contributed by atoms with van der Waals surface area (Å²) in [7, 11) is 0. The number of aliphatic hydroxyl groups excluding tert-OH is 1. The summed E-state index contributed by atoms with van der Waals surface area (Å²) in [5, 5.41) is 9.51. The van der Waals surface area contributed by atoms with E-state index in [1.807, 2.05) is 27.7 Å². The van der Waals surface area contributed by atoms with Crippen LogP contribution < -0.4 is 4.74 Å². The largest absolute Gasteiger partial charge is 0.489 e. The van der Waals surface area contributed by atoms with E-state index in [0.29, 0.717) is 17.9 Å². The molecule has 0 aliphatic carbocycles. The van der Waals surface area contributed by atoms with Crippen LogP contribution in [0.1, 0.15) is 45.0 Å². The minimum Gasteiger partial charge on any atom is -0.489 e. The lowest BCUT2D eigenvalue weighted by Crippen LogP contribution is -2.41. The summed E-state index contributed by atoms with van der Waals surface area (Å²) in [4.78, 5) is 18.1. The molecule has 0 saturated carbocycles. The zero-order valence-corrected chi connectivity index (χ0v) is 12.8. The average Bonchev–Trinajstić information content (AvgIpc) is 2.34. The number of pyridine rings is 1. The summed E-state index contributed by atoms with van der Waals surface area (Å²) in [6.07, 6.45) is 2.57. The molecule has 5 nitrogen and oxygen atoms in total. The maximum Gasteiger partial charge on any atom is 0.255 e. The molecular formula is C15H24N2O3. The first kappa shape index (κ1) is 16.4. The third-order valence-corrected chi connectivity index (χ3v) is 2.68. The van der Waals surface area contributed by atoms with E-state index in [-0.39, 0.29) is 18.1 Å². The van der Waals surface area contributed by atoms with Gasteiger partial charge in [0.15, 0.2) is 0 Å². The molecule has 0 radical (unpaired) electrons. The van der Waals surface area contributed by atoms with E-state index in [1.54, 1.807) is 24.1 Å². The maximum atomic E-state index is 12.5. The molecule has 0 bridgehead atoms. The minimum atomic E-state index is -0.565. The first-order chi connectivity index (χ1) is 9.31. The fraction of sp³-hybridized carbons (Fsp3) is 0.600. The van der Waals surface area contributed by atoms with Crippen LogP contribution >= 0.6 is 0 Å². The van der Waals surface area contributed by atoms with E-state index in [9.17, 15) is 9.90 Å². The van der Waals surface area contributed by atoms with Gasteiger partial charge in [-0.3, -0.25) is 9.78 Å². The zero-order chi connectivity index (χ0) is 15.3. The van der Waals surface area contributed by atoms with Gasteiger partial charge in [-0.05, 0) is 40.7 Å². The number of aromatic nitrogens is 1. The molecule has 1 atom stereocenters. The van der Waals surface area contributed by atoms with Crippen molar-refractivity contribution in [1.29, 1.82) is 0 Å². The van der Waals surface area contributed by atoms with Gasteiger partial charge in [0.1, 0.15) is 5.75 Å². The third kappa shape index (κ3) is 4.81. The van der Waals surface area contributed by atoms with E-state index in [1.165, 1.54) is 6.20 Å². The van der Waals surface area contributed by atoms with E-state index < -0.39 is 6.10 Å². The SMILES string of the molecule is CC(O)CN(C(=O)c1cncc(OC(C)C)c1)C(C)C. The lowest BCUT2D eigenvalue weighted by Gasteiger charge is -2.28. The van der Waals surface area contributed by atoms with Gasteiger partial charge in [-0.2, -0.15) is 0 Å². The monoisotopic (exact) mass is 280 g/mol. The summed E-state index contributed by atoms with van der Waals surface area (Å²) in [5.41, 5.74) is 0.470. The summed E-state index contributed by atoms with van der Waals surface area (Å²) >= 11 is 0. The highest BCUT2D eigenvalue weighted by Crippen LogP contribution is 2.16. The molecule has 1 unspecified atom stereocenters. The molecule has 112 valence electrons. The summed E-state index contributed by atoms with van der Waals surface area (Å²) in [6, 6.07) is 1.69. The molecule has 0 fully saturated rings. The van der Waals surface area contributed by atoms with Crippen molar-refractivity contribution in [3.63, 3.8) is 0 Å². The van der Waals surface area contributed by atoms with Gasteiger partial charge in [0.25, 0.3) is 5.91 Å². The van der Waals surface area contributed by atoms with Gasteiger partial charge in [-0.15, -0.1) is 0 Å². The van der Waals surface area contributed by atoms with Crippen molar-refractivity contribution in [1.82, 2.24) is 9.88 Å². The van der Waals surface area contributed by atoms with Crippen LogP contribution in [-0.2, 0) is 0 Å². The predicted octanol–water partition coefficient (Wildman–Crippen LogP) is 2.10. The standard InChI is InChI=1S/C15H24N2O3/c1-10(2)17(9-12(5)18)15(19)13-6-14(8-16-7-13)20-11(3)4/h6-8,10-12,18H,9H2,1-5H3. The molecule has 1 rings (SSSR count). The summed E-state index contributed by atoms with van der Waals surface area (Å²) in [6.45, 7) is 9.64. The Hall–Kier alpha value is -1.62. The van der Waals surface area contributed by atoms with Crippen molar-refractivity contribution in [3.05, 3.63) is 24.0 Å². The highest BCUT2D eigenvalue weighted by molar-refractivity contribution is 5.94. The summed E-state index contributed by atoms with van der Waals surface area (Å²) < 4.78 is 5.54. The molecule has 1 heterocycles. The Morgan fingerprint density at radius 1 is 1.30 bits per heavy atom. The molecular weight excluding hydrogens is 256 g/mol. The fourth-order valence-electron chi connectivity index (χ4n) is 1.85. The number of hydrogen-bond acceptors (Lipinski definition) is 4. The highest BCUT2D eigenvalue weighted by Gasteiger charge is 2.21. The number of carbonyl (C=O) groups excluding carboxylic acids is 1. The van der Waals surface area contributed by atoms with Crippen LogP contribution in [0.15, 0.2) is 18.5 Å². The Bertz CT molecular complexity index is 444. The molecule has 0 spiro atoms. The van der Waals surface area contributed by atoms with Crippen LogP contribution in [0.5, 0.6) is 5.75 Å². The number of nitrogens with zero attached hydrogens (tertiary/aromatic N) is 2. The Morgan fingerprint density at radius 2 is 1.95 bits per heavy atom. The van der Waals surface area contributed by atoms with E-state index in [0.717, 1.165) is 0 Å². The first-order valence-electron chi connectivity index (χ1n) is 6.92. The fourth-order valence-corrected chi connectivity index (χ4v) is 1.85. The van der Waals surface area contributed by atoms with Crippen LogP contribution in [-0.4, -0.2) is 45.7 Å². The van der Waals surface area contributed by atoms with Crippen molar-refractivity contribution in [3.8, 4) is 5.75 Å². The Balaban J connectivity index is 2.94. The number of rotatable bonds is 6. The van der Waals surface area contributed by atoms with Gasteiger partial charge in [-0.25, -0.2) is 0 Å². The van der Waals surface area contributed by atoms with E-state index >= 15 is 0 Å². The Labute approximate surface area is 120 Å². The Morgan fingerprint density at radius 3 is 2.45 bits per heavy atom. The Kier molecular flexibility index (Phi) is 5.95. The predicted molar refractivity (Wildman–Crippen MR) is 77.9 cm³/mol. The molecule has 20 heavy (non-hydrogen) atoms. The molecule has 1 N–H and O–H groups in total. The van der Waals surface area contributed by atoms with Gasteiger partial charge in [-0.1, -0.05) is 0 Å². The van der Waals surface area contributed by atoms with Gasteiger partial charge < -0.3 is 14.7 Å². The number of aliphatic hydroxyl groups is 1. The molecule has 1 aromatic heterocycles. The van der Waals surface area contributed by atoms with Crippen LogP contribution in [0, 0.1) is 0 Å². The van der Waals surface area contributed by atoms with E-state index in [2.05, 4.69) is 4.98 Å². The highest BCUT2D eigenvalue weighted by atomic mass is 16.5. The second-order valence-corrected chi connectivity index (χ2v) is 5.48. The smallest absolute Gasteiger partial charge is 0.255 e. The second kappa shape index (κ2) is 7.24. The molecule has 1 amide bonds. The minimum absolute atomic E-state index is 0.00627. The lowest BCUT2D eigenvalue weighted by molar-refractivity contribution is 0.0577. The zero-order valence-electron chi connectivity index (χ0n) is 12.8. The average molecular weight is 280 g/mol. The lowest BCUT2D eigenvalue weighted by atomic mass is 10.2. The number of amides is 1. The molecule has 0 aromatic carbocycles. The molecule has 0 aliphatic rings. The molecule has 0 saturated heterocycles. The van der Waals surface area contributed by atoms with Crippen molar-refractivity contribution in [2.45, 2.75) is 52.9 Å². The van der Waals surface area contributed by atoms with Crippen LogP contribution in [0.25, 0.3) is 0 Å². The number of carbonyl (C=O) groups is 1. The molecule has 0 aliphatic heterocycles. The van der Waals surface area contributed by atoms with E-state index in [4.69, 9.17) is 4.74 Å². The van der Waals surface area contributed by atoms with Crippen LogP contribution in [0.3, 0.4) is 0 Å². The quantitative estimate of drug-likeness (QED) is 0.867. The van der Waals surface area contributed by atoms with Crippen molar-refractivity contribution >= 4 is 5.91 Å². The normalized spacial score (nSPS) is 12.6. The van der Waals surface area contributed by atoms with Crippen LogP contribution in [0.2, 0.25) is 0 Å².